The third-order valence-electron chi connectivity index (χ3n) is 3.96. The van der Waals surface area contributed by atoms with Gasteiger partial charge in [-0.25, -0.2) is 15.0 Å². The SMILES string of the molecule is CCN(/N=C/c1ccc2c(c1)COB2O)c1ncnc2sccc12. The summed E-state index contributed by atoms with van der Waals surface area (Å²) in [5, 5.41) is 19.1. The monoisotopic (exact) mass is 338 g/mol. The van der Waals surface area contributed by atoms with Crippen molar-refractivity contribution >= 4 is 46.2 Å². The Kier molecular flexibility index (Phi) is 4.01. The van der Waals surface area contributed by atoms with Crippen LogP contribution in [0.15, 0.2) is 41.1 Å². The lowest BCUT2D eigenvalue weighted by Gasteiger charge is -2.16. The molecule has 1 aliphatic heterocycles. The molecule has 0 unspecified atom stereocenters. The van der Waals surface area contributed by atoms with Crippen LogP contribution in [0.1, 0.15) is 18.1 Å². The third-order valence-corrected chi connectivity index (χ3v) is 4.78. The second-order valence-electron chi connectivity index (χ2n) is 5.42. The molecule has 6 nitrogen and oxygen atoms in total. The molecule has 1 N–H and O–H groups in total. The highest BCUT2D eigenvalue weighted by Crippen LogP contribution is 2.26. The molecule has 0 radical (unpaired) electrons. The zero-order chi connectivity index (χ0) is 16.5. The molecule has 0 saturated heterocycles. The second kappa shape index (κ2) is 6.31. The van der Waals surface area contributed by atoms with E-state index < -0.39 is 7.12 Å². The number of anilines is 1. The van der Waals surface area contributed by atoms with Gasteiger partial charge < -0.3 is 9.68 Å². The van der Waals surface area contributed by atoms with Crippen LogP contribution in [0.5, 0.6) is 0 Å². The van der Waals surface area contributed by atoms with Gasteiger partial charge in [-0.1, -0.05) is 12.1 Å². The number of nitrogens with zero attached hydrogens (tertiary/aromatic N) is 4. The lowest BCUT2D eigenvalue weighted by Crippen LogP contribution is -2.27. The first-order valence-corrected chi connectivity index (χ1v) is 8.56. The van der Waals surface area contributed by atoms with Gasteiger partial charge in [0.05, 0.1) is 18.2 Å². The van der Waals surface area contributed by atoms with Crippen LogP contribution in [0.2, 0.25) is 0 Å². The fraction of sp³-hybridized carbons (Fsp3) is 0.188. The number of benzene rings is 1. The van der Waals surface area contributed by atoms with E-state index in [2.05, 4.69) is 15.1 Å². The number of thiophene rings is 1. The van der Waals surface area contributed by atoms with Crippen LogP contribution in [0.25, 0.3) is 10.2 Å². The Labute approximate surface area is 143 Å². The Balaban J connectivity index is 1.63. The summed E-state index contributed by atoms with van der Waals surface area (Å²) in [5.41, 5.74) is 2.78. The van der Waals surface area contributed by atoms with Crippen molar-refractivity contribution in [2.24, 2.45) is 5.10 Å². The fourth-order valence-corrected chi connectivity index (χ4v) is 3.46. The first kappa shape index (κ1) is 15.3. The smallest absolute Gasteiger partial charge is 0.423 e. The number of aromatic nitrogens is 2. The predicted octanol–water partition coefficient (Wildman–Crippen LogP) is 1.77. The maximum atomic E-state index is 9.68. The van der Waals surface area contributed by atoms with E-state index in [0.717, 1.165) is 32.6 Å². The maximum Gasteiger partial charge on any atom is 0.491 e. The molecule has 120 valence electrons. The van der Waals surface area contributed by atoms with E-state index in [1.807, 2.05) is 41.6 Å². The van der Waals surface area contributed by atoms with E-state index in [0.29, 0.717) is 13.2 Å². The fourth-order valence-electron chi connectivity index (χ4n) is 2.74. The van der Waals surface area contributed by atoms with Crippen molar-refractivity contribution in [1.82, 2.24) is 9.97 Å². The molecule has 0 fully saturated rings. The average molecular weight is 338 g/mol. The molecule has 0 atom stereocenters. The molecule has 1 aromatic carbocycles. The molecule has 2 aromatic heterocycles. The van der Waals surface area contributed by atoms with Crippen molar-refractivity contribution in [3.63, 3.8) is 0 Å². The van der Waals surface area contributed by atoms with Gasteiger partial charge in [0.2, 0.25) is 0 Å². The zero-order valence-electron chi connectivity index (χ0n) is 13.1. The Hall–Kier alpha value is -2.29. The van der Waals surface area contributed by atoms with E-state index in [-0.39, 0.29) is 0 Å². The minimum absolute atomic E-state index is 0.428. The van der Waals surface area contributed by atoms with Gasteiger partial charge in [-0.15, -0.1) is 11.3 Å². The van der Waals surface area contributed by atoms with Crippen LogP contribution >= 0.6 is 11.3 Å². The number of hydrazone groups is 1. The van der Waals surface area contributed by atoms with Crippen LogP contribution in [-0.2, 0) is 11.3 Å². The molecule has 1 aliphatic rings. The minimum Gasteiger partial charge on any atom is -0.423 e. The maximum absolute atomic E-state index is 9.68. The average Bonchev–Trinajstić information content (AvgIpc) is 3.22. The van der Waals surface area contributed by atoms with Gasteiger partial charge in [-0.05, 0) is 41.0 Å². The van der Waals surface area contributed by atoms with Crippen LogP contribution in [-0.4, -0.2) is 34.9 Å². The molecular formula is C16H15BN4O2S. The van der Waals surface area contributed by atoms with Crippen LogP contribution < -0.4 is 10.5 Å². The topological polar surface area (TPSA) is 70.8 Å². The van der Waals surface area contributed by atoms with Gasteiger partial charge >= 0.3 is 7.12 Å². The predicted molar refractivity (Wildman–Crippen MR) is 96.9 cm³/mol. The molecule has 0 bridgehead atoms. The van der Waals surface area contributed by atoms with Crippen LogP contribution in [0, 0.1) is 0 Å². The van der Waals surface area contributed by atoms with Crippen molar-refractivity contribution in [1.29, 1.82) is 0 Å². The van der Waals surface area contributed by atoms with Crippen molar-refractivity contribution in [2.45, 2.75) is 13.5 Å². The van der Waals surface area contributed by atoms with E-state index in [9.17, 15) is 5.02 Å². The molecule has 3 heterocycles. The van der Waals surface area contributed by atoms with Crippen LogP contribution in [0.4, 0.5) is 5.82 Å². The summed E-state index contributed by atoms with van der Waals surface area (Å²) in [7, 11) is -0.814. The molecule has 0 aliphatic carbocycles. The van der Waals surface area contributed by atoms with E-state index in [1.54, 1.807) is 23.9 Å². The summed E-state index contributed by atoms with van der Waals surface area (Å²) >= 11 is 1.59. The van der Waals surface area contributed by atoms with Gasteiger partial charge in [0.25, 0.3) is 0 Å². The normalized spacial score (nSPS) is 13.8. The molecule has 0 spiro atoms. The Morgan fingerprint density at radius 3 is 3.21 bits per heavy atom. The van der Waals surface area contributed by atoms with Crippen molar-refractivity contribution in [2.75, 3.05) is 11.6 Å². The van der Waals surface area contributed by atoms with Gasteiger partial charge in [-0.2, -0.15) is 5.10 Å². The first-order valence-electron chi connectivity index (χ1n) is 7.68. The number of fused-ring (bicyclic) bond motifs is 2. The Morgan fingerprint density at radius 2 is 2.33 bits per heavy atom. The standard InChI is InChI=1S/C16H15BN4O2S/c1-2-21(15-13-5-6-24-16(13)19-10-18-15)20-8-11-3-4-14-12(7-11)9-23-17(14)22/h3-8,10,22H,2,9H2,1H3/b20-8+. The number of hydrogen-bond donors (Lipinski definition) is 1. The molecular weight excluding hydrogens is 323 g/mol. The van der Waals surface area contributed by atoms with Gasteiger partial charge in [0, 0.05) is 6.54 Å². The molecule has 4 rings (SSSR count). The lowest BCUT2D eigenvalue weighted by atomic mass is 9.79. The quantitative estimate of drug-likeness (QED) is 0.446. The van der Waals surface area contributed by atoms with Gasteiger partial charge in [0.15, 0.2) is 5.82 Å². The van der Waals surface area contributed by atoms with Gasteiger partial charge in [-0.3, -0.25) is 0 Å². The summed E-state index contributed by atoms with van der Waals surface area (Å²) in [4.78, 5) is 9.62. The van der Waals surface area contributed by atoms with Gasteiger partial charge in [0.1, 0.15) is 11.2 Å². The molecule has 3 aromatic rings. The summed E-state index contributed by atoms with van der Waals surface area (Å²) < 4.78 is 5.22. The third kappa shape index (κ3) is 2.68. The van der Waals surface area contributed by atoms with E-state index in [1.165, 1.54) is 0 Å². The largest absolute Gasteiger partial charge is 0.491 e. The molecule has 8 heteroatoms. The minimum atomic E-state index is -0.814. The highest BCUT2D eigenvalue weighted by molar-refractivity contribution is 7.16. The first-order chi connectivity index (χ1) is 11.8. The highest BCUT2D eigenvalue weighted by Gasteiger charge is 2.26. The second-order valence-corrected chi connectivity index (χ2v) is 6.31. The Bertz CT molecular complexity index is 914. The number of hydrogen-bond acceptors (Lipinski definition) is 7. The van der Waals surface area contributed by atoms with E-state index in [4.69, 9.17) is 4.65 Å². The van der Waals surface area contributed by atoms with Crippen LogP contribution in [0.3, 0.4) is 0 Å². The zero-order valence-corrected chi connectivity index (χ0v) is 13.9. The Morgan fingerprint density at radius 1 is 1.42 bits per heavy atom. The van der Waals surface area contributed by atoms with E-state index >= 15 is 0 Å². The molecule has 0 saturated carbocycles. The summed E-state index contributed by atoms with van der Waals surface area (Å²) in [6.45, 7) is 3.16. The van der Waals surface area contributed by atoms with Crippen molar-refractivity contribution in [3.8, 4) is 0 Å². The number of rotatable bonds is 4. The lowest BCUT2D eigenvalue weighted by molar-refractivity contribution is 0.275. The molecule has 0 amide bonds. The summed E-state index contributed by atoms with van der Waals surface area (Å²) in [6, 6.07) is 7.81. The molecule has 24 heavy (non-hydrogen) atoms. The summed E-state index contributed by atoms with van der Waals surface area (Å²) in [6.07, 6.45) is 3.37. The van der Waals surface area contributed by atoms with Crippen molar-refractivity contribution < 1.29 is 9.68 Å². The van der Waals surface area contributed by atoms with Crippen molar-refractivity contribution in [3.05, 3.63) is 47.1 Å². The highest BCUT2D eigenvalue weighted by atomic mass is 32.1. The summed E-state index contributed by atoms with van der Waals surface area (Å²) in [5.74, 6) is 0.805.